The third kappa shape index (κ3) is 3.18. The van der Waals surface area contributed by atoms with Crippen molar-refractivity contribution in [1.29, 1.82) is 0 Å². The van der Waals surface area contributed by atoms with Gasteiger partial charge >= 0.3 is 0 Å². The topological polar surface area (TPSA) is 58.3 Å². The molecule has 2 aromatic heterocycles. The lowest BCUT2D eigenvalue weighted by Gasteiger charge is -2.33. The number of rotatable bonds is 2. The highest BCUT2D eigenvalue weighted by molar-refractivity contribution is 6.39. The maximum atomic E-state index is 6.33. The number of halogens is 2. The van der Waals surface area contributed by atoms with E-state index in [9.17, 15) is 0 Å². The van der Waals surface area contributed by atoms with E-state index in [4.69, 9.17) is 28.9 Å². The Morgan fingerprint density at radius 1 is 1.04 bits per heavy atom. The molecular formula is C19H19Cl2N5. The van der Waals surface area contributed by atoms with Gasteiger partial charge in [0.1, 0.15) is 11.6 Å². The van der Waals surface area contributed by atoms with E-state index < -0.39 is 0 Å². The zero-order chi connectivity index (χ0) is 18.3. The predicted molar refractivity (Wildman–Crippen MR) is 109 cm³/mol. The van der Waals surface area contributed by atoms with Crippen LogP contribution < -0.4 is 10.6 Å². The van der Waals surface area contributed by atoms with Gasteiger partial charge in [0.15, 0.2) is 0 Å². The molecule has 1 aliphatic rings. The summed E-state index contributed by atoms with van der Waals surface area (Å²) >= 11 is 12.7. The van der Waals surface area contributed by atoms with Crippen LogP contribution in [0.5, 0.6) is 0 Å². The normalized spacial score (nSPS) is 15.6. The third-order valence-corrected chi connectivity index (χ3v) is 5.40. The van der Waals surface area contributed by atoms with E-state index in [0.29, 0.717) is 21.4 Å². The number of nitrogen functional groups attached to an aromatic ring is 1. The summed E-state index contributed by atoms with van der Waals surface area (Å²) < 4.78 is 0. The second-order valence-corrected chi connectivity index (χ2v) is 7.36. The molecule has 1 aromatic carbocycles. The number of hydrogen-bond acceptors (Lipinski definition) is 5. The standard InChI is InChI=1S/C19H19Cl2N5/c1-25-5-7-26(8-6-25)17-10-16-12(11-23-17)9-13(19(22)24-16)18-14(20)3-2-4-15(18)21/h2-4,9-11H,5-8H2,1H3,(H2,22,24). The van der Waals surface area contributed by atoms with Crippen molar-refractivity contribution in [3.8, 4) is 11.1 Å². The molecule has 2 N–H and O–H groups in total. The molecule has 26 heavy (non-hydrogen) atoms. The van der Waals surface area contributed by atoms with E-state index in [1.54, 1.807) is 12.1 Å². The molecule has 0 saturated carbocycles. The Morgan fingerprint density at radius 2 is 1.73 bits per heavy atom. The van der Waals surface area contributed by atoms with E-state index in [1.807, 2.05) is 24.4 Å². The van der Waals surface area contributed by atoms with E-state index in [0.717, 1.165) is 48.5 Å². The summed E-state index contributed by atoms with van der Waals surface area (Å²) in [4.78, 5) is 13.8. The first-order valence-corrected chi connectivity index (χ1v) is 9.22. The van der Waals surface area contributed by atoms with Crippen LogP contribution in [0.4, 0.5) is 11.6 Å². The molecule has 0 atom stereocenters. The summed E-state index contributed by atoms with van der Waals surface area (Å²) in [7, 11) is 2.13. The van der Waals surface area contributed by atoms with Crippen LogP contribution in [0.1, 0.15) is 0 Å². The largest absolute Gasteiger partial charge is 0.383 e. The molecule has 5 nitrogen and oxygen atoms in total. The van der Waals surface area contributed by atoms with Crippen molar-refractivity contribution >= 4 is 45.7 Å². The first-order valence-electron chi connectivity index (χ1n) is 8.47. The number of anilines is 2. The van der Waals surface area contributed by atoms with Crippen molar-refractivity contribution in [2.75, 3.05) is 43.9 Å². The van der Waals surface area contributed by atoms with Crippen LogP contribution in [0.25, 0.3) is 22.0 Å². The third-order valence-electron chi connectivity index (χ3n) is 4.77. The summed E-state index contributed by atoms with van der Waals surface area (Å²) in [6.07, 6.45) is 1.84. The lowest BCUT2D eigenvalue weighted by Crippen LogP contribution is -2.44. The molecule has 4 rings (SSSR count). The van der Waals surface area contributed by atoms with Gasteiger partial charge in [-0.2, -0.15) is 0 Å². The number of likely N-dealkylation sites (N-methyl/N-ethyl adjacent to an activating group) is 1. The molecule has 1 fully saturated rings. The van der Waals surface area contributed by atoms with E-state index in [2.05, 4.69) is 26.8 Å². The molecular weight excluding hydrogens is 369 g/mol. The zero-order valence-corrected chi connectivity index (χ0v) is 15.9. The SMILES string of the molecule is CN1CCN(c2cc3nc(N)c(-c4c(Cl)cccc4Cl)cc3cn2)CC1. The lowest BCUT2D eigenvalue weighted by molar-refractivity contribution is 0.312. The number of pyridine rings is 2. The number of benzene rings is 1. The number of piperazine rings is 1. The molecule has 0 radical (unpaired) electrons. The molecule has 0 spiro atoms. The molecule has 3 heterocycles. The van der Waals surface area contributed by atoms with Gasteiger partial charge in [0.25, 0.3) is 0 Å². The average molecular weight is 388 g/mol. The Balaban J connectivity index is 1.76. The van der Waals surface area contributed by atoms with Crippen LogP contribution >= 0.6 is 23.2 Å². The minimum Gasteiger partial charge on any atom is -0.383 e. The summed E-state index contributed by atoms with van der Waals surface area (Å²) in [5.41, 5.74) is 8.48. The molecule has 134 valence electrons. The van der Waals surface area contributed by atoms with E-state index >= 15 is 0 Å². The Hall–Kier alpha value is -2.08. The Kier molecular flexibility index (Phi) is 4.61. The number of nitrogens with zero attached hydrogens (tertiary/aromatic N) is 4. The zero-order valence-electron chi connectivity index (χ0n) is 14.4. The molecule has 1 saturated heterocycles. The highest BCUT2D eigenvalue weighted by Crippen LogP contribution is 2.38. The first-order chi connectivity index (χ1) is 12.5. The fraction of sp³-hybridized carbons (Fsp3) is 0.263. The minimum absolute atomic E-state index is 0.406. The van der Waals surface area contributed by atoms with Crippen molar-refractivity contribution in [2.24, 2.45) is 0 Å². The van der Waals surface area contributed by atoms with Crippen molar-refractivity contribution < 1.29 is 0 Å². The summed E-state index contributed by atoms with van der Waals surface area (Å²) in [5.74, 6) is 1.34. The highest BCUT2D eigenvalue weighted by atomic mass is 35.5. The molecule has 1 aliphatic heterocycles. The summed E-state index contributed by atoms with van der Waals surface area (Å²) in [5, 5.41) is 2.00. The average Bonchev–Trinajstić information content (AvgIpc) is 2.62. The van der Waals surface area contributed by atoms with Gasteiger partial charge in [0.2, 0.25) is 0 Å². The van der Waals surface area contributed by atoms with Gasteiger partial charge < -0.3 is 15.5 Å². The van der Waals surface area contributed by atoms with Crippen LogP contribution in [0.15, 0.2) is 36.5 Å². The monoisotopic (exact) mass is 387 g/mol. The fourth-order valence-corrected chi connectivity index (χ4v) is 3.84. The van der Waals surface area contributed by atoms with Crippen LogP contribution in [-0.4, -0.2) is 48.1 Å². The Labute approximate surface area is 162 Å². The molecule has 0 aliphatic carbocycles. The van der Waals surface area contributed by atoms with Gasteiger partial charge in [-0.1, -0.05) is 29.3 Å². The lowest BCUT2D eigenvalue weighted by atomic mass is 10.0. The predicted octanol–water partition coefficient (Wildman–Crippen LogP) is 3.94. The van der Waals surface area contributed by atoms with Gasteiger partial charge in [-0.25, -0.2) is 9.97 Å². The van der Waals surface area contributed by atoms with Crippen molar-refractivity contribution in [3.05, 3.63) is 46.6 Å². The van der Waals surface area contributed by atoms with Gasteiger partial charge in [0.05, 0.1) is 15.6 Å². The second kappa shape index (κ2) is 6.91. The van der Waals surface area contributed by atoms with Crippen LogP contribution in [0.3, 0.4) is 0 Å². The van der Waals surface area contributed by atoms with Crippen LogP contribution in [-0.2, 0) is 0 Å². The number of nitrogens with two attached hydrogens (primary N) is 1. The van der Waals surface area contributed by atoms with Gasteiger partial charge in [0, 0.05) is 55.0 Å². The smallest absolute Gasteiger partial charge is 0.132 e. The van der Waals surface area contributed by atoms with E-state index in [-0.39, 0.29) is 0 Å². The van der Waals surface area contributed by atoms with E-state index in [1.165, 1.54) is 0 Å². The minimum atomic E-state index is 0.406. The quantitative estimate of drug-likeness (QED) is 0.721. The molecule has 7 heteroatoms. The Morgan fingerprint density at radius 3 is 2.42 bits per heavy atom. The second-order valence-electron chi connectivity index (χ2n) is 6.54. The Bertz CT molecular complexity index is 947. The van der Waals surface area contributed by atoms with Gasteiger partial charge in [-0.05, 0) is 25.2 Å². The first kappa shape index (κ1) is 17.3. The van der Waals surface area contributed by atoms with Gasteiger partial charge in [-0.15, -0.1) is 0 Å². The molecule has 0 unspecified atom stereocenters. The molecule has 0 bridgehead atoms. The van der Waals surface area contributed by atoms with Crippen LogP contribution in [0, 0.1) is 0 Å². The highest BCUT2D eigenvalue weighted by Gasteiger charge is 2.17. The maximum absolute atomic E-state index is 6.33. The van der Waals surface area contributed by atoms with Crippen molar-refractivity contribution in [3.63, 3.8) is 0 Å². The number of hydrogen-bond donors (Lipinski definition) is 1. The molecule has 3 aromatic rings. The maximum Gasteiger partial charge on any atom is 0.132 e. The van der Waals surface area contributed by atoms with Crippen molar-refractivity contribution in [1.82, 2.24) is 14.9 Å². The summed E-state index contributed by atoms with van der Waals surface area (Å²) in [6.45, 7) is 3.97. The van der Waals surface area contributed by atoms with Gasteiger partial charge in [-0.3, -0.25) is 0 Å². The fourth-order valence-electron chi connectivity index (χ4n) is 3.24. The summed E-state index contributed by atoms with van der Waals surface area (Å²) in [6, 6.07) is 9.34. The van der Waals surface area contributed by atoms with Crippen molar-refractivity contribution in [2.45, 2.75) is 0 Å². The number of aromatic nitrogens is 2. The van der Waals surface area contributed by atoms with Crippen LogP contribution in [0.2, 0.25) is 10.0 Å². The number of fused-ring (bicyclic) bond motifs is 1. The molecule has 0 amide bonds.